The number of nitrogens with one attached hydrogen (secondary N) is 2. The van der Waals surface area contributed by atoms with Crippen LogP contribution < -0.4 is 16.5 Å². The van der Waals surface area contributed by atoms with Crippen molar-refractivity contribution in [2.45, 2.75) is 25.0 Å². The maximum absolute atomic E-state index is 13.0. The highest BCUT2D eigenvalue weighted by molar-refractivity contribution is 7.15. The Morgan fingerprint density at radius 1 is 1.27 bits per heavy atom. The predicted octanol–water partition coefficient (Wildman–Crippen LogP) is 1.55. The Bertz CT molecular complexity index is 936. The zero-order valence-electron chi connectivity index (χ0n) is 15.9. The Kier molecular flexibility index (Phi) is 9.07. The molecular formula is C19H20F2N4O4S. The van der Waals surface area contributed by atoms with Crippen molar-refractivity contribution in [2.75, 3.05) is 5.73 Å². The van der Waals surface area contributed by atoms with Crippen molar-refractivity contribution in [3.05, 3.63) is 59.6 Å². The normalized spacial score (nSPS) is 13.0. The number of amides is 2. The van der Waals surface area contributed by atoms with Gasteiger partial charge in [-0.1, -0.05) is 17.3 Å². The Morgan fingerprint density at radius 3 is 2.33 bits per heavy atom. The SMILES string of the molecule is C=C.CC(O)(C(F)F)C(NC(=O)c1ccc(C#Cc2cnc(N)s2)cc1)C(=O)NO. The highest BCUT2D eigenvalue weighted by Gasteiger charge is 2.46. The Hall–Kier alpha value is -3.33. The third-order valence-corrected chi connectivity index (χ3v) is 4.42. The summed E-state index contributed by atoms with van der Waals surface area (Å²) in [5, 5.41) is 20.9. The van der Waals surface area contributed by atoms with Crippen LogP contribution in [0.4, 0.5) is 13.9 Å². The number of anilines is 1. The molecule has 0 saturated carbocycles. The number of halogens is 2. The maximum Gasteiger partial charge on any atom is 0.269 e. The van der Waals surface area contributed by atoms with Crippen LogP contribution in [0.15, 0.2) is 43.6 Å². The molecule has 0 aliphatic carbocycles. The van der Waals surface area contributed by atoms with E-state index >= 15 is 0 Å². The van der Waals surface area contributed by atoms with E-state index in [0.29, 0.717) is 22.5 Å². The number of aromatic nitrogens is 1. The van der Waals surface area contributed by atoms with Gasteiger partial charge in [0.25, 0.3) is 18.2 Å². The molecule has 0 saturated heterocycles. The van der Waals surface area contributed by atoms with E-state index in [1.165, 1.54) is 41.8 Å². The number of hydrogen-bond donors (Lipinski definition) is 5. The number of carbonyl (C=O) groups is 2. The molecule has 0 spiro atoms. The molecule has 2 atom stereocenters. The van der Waals surface area contributed by atoms with Crippen LogP contribution >= 0.6 is 11.3 Å². The Morgan fingerprint density at radius 2 is 1.87 bits per heavy atom. The average Bonchev–Trinajstić information content (AvgIpc) is 3.16. The summed E-state index contributed by atoms with van der Waals surface area (Å²) in [7, 11) is 0. The lowest BCUT2D eigenvalue weighted by molar-refractivity contribution is -0.149. The van der Waals surface area contributed by atoms with Gasteiger partial charge >= 0.3 is 0 Å². The highest BCUT2D eigenvalue weighted by Crippen LogP contribution is 2.20. The summed E-state index contributed by atoms with van der Waals surface area (Å²) in [6.07, 6.45) is -1.83. The van der Waals surface area contributed by atoms with Gasteiger partial charge < -0.3 is 16.2 Å². The molecule has 0 aliphatic heterocycles. The van der Waals surface area contributed by atoms with Gasteiger partial charge in [-0.2, -0.15) is 0 Å². The van der Waals surface area contributed by atoms with E-state index in [4.69, 9.17) is 10.9 Å². The topological polar surface area (TPSA) is 138 Å². The molecule has 0 radical (unpaired) electrons. The Balaban J connectivity index is 0.00000218. The van der Waals surface area contributed by atoms with Crippen LogP contribution in [-0.4, -0.2) is 45.2 Å². The van der Waals surface area contributed by atoms with Gasteiger partial charge in [0.05, 0.1) is 11.1 Å². The number of thiazole rings is 1. The van der Waals surface area contributed by atoms with E-state index < -0.39 is 29.9 Å². The van der Waals surface area contributed by atoms with Crippen molar-refractivity contribution < 1.29 is 28.7 Å². The van der Waals surface area contributed by atoms with Crippen LogP contribution in [0.5, 0.6) is 0 Å². The molecule has 2 rings (SSSR count). The minimum Gasteiger partial charge on any atom is -0.381 e. The molecule has 2 aromatic rings. The molecule has 2 unspecified atom stereocenters. The van der Waals surface area contributed by atoms with Crippen LogP contribution in [0.2, 0.25) is 0 Å². The van der Waals surface area contributed by atoms with Gasteiger partial charge in [-0.3, -0.25) is 14.8 Å². The Labute approximate surface area is 175 Å². The first-order valence-corrected chi connectivity index (χ1v) is 9.05. The molecule has 0 aliphatic rings. The van der Waals surface area contributed by atoms with Crippen molar-refractivity contribution >= 4 is 28.3 Å². The fourth-order valence-electron chi connectivity index (χ4n) is 2.07. The number of carbonyl (C=O) groups excluding carboxylic acids is 2. The number of hydrogen-bond acceptors (Lipinski definition) is 7. The van der Waals surface area contributed by atoms with E-state index in [9.17, 15) is 23.5 Å². The second-order valence-electron chi connectivity index (χ2n) is 5.80. The molecule has 1 heterocycles. The van der Waals surface area contributed by atoms with Crippen LogP contribution in [0.25, 0.3) is 0 Å². The predicted molar refractivity (Wildman–Crippen MR) is 108 cm³/mol. The van der Waals surface area contributed by atoms with Crippen molar-refractivity contribution in [3.8, 4) is 11.8 Å². The molecule has 30 heavy (non-hydrogen) atoms. The fourth-order valence-corrected chi connectivity index (χ4v) is 2.60. The first-order chi connectivity index (χ1) is 14.1. The van der Waals surface area contributed by atoms with E-state index in [1.54, 1.807) is 0 Å². The number of nitrogens with two attached hydrogens (primary N) is 1. The average molecular weight is 438 g/mol. The van der Waals surface area contributed by atoms with E-state index in [2.05, 4.69) is 30.0 Å². The largest absolute Gasteiger partial charge is 0.381 e. The maximum atomic E-state index is 13.0. The fraction of sp³-hybridized carbons (Fsp3) is 0.211. The number of nitrogen functional groups attached to an aromatic ring is 1. The minimum absolute atomic E-state index is 0.0355. The van der Waals surface area contributed by atoms with Gasteiger partial charge in [-0.15, -0.1) is 13.2 Å². The zero-order valence-corrected chi connectivity index (χ0v) is 16.7. The zero-order chi connectivity index (χ0) is 22.9. The monoisotopic (exact) mass is 438 g/mol. The third kappa shape index (κ3) is 6.35. The second-order valence-corrected chi connectivity index (χ2v) is 6.86. The van der Waals surface area contributed by atoms with Crippen LogP contribution in [-0.2, 0) is 4.79 Å². The molecule has 160 valence electrons. The number of rotatable bonds is 5. The number of benzene rings is 1. The standard InChI is InChI=1S/C17H16F2N4O4S.C2H4/c1-17(26,15(18)19)12(14(25)23-27)22-13(24)10-5-2-9(3-6-10)4-7-11-8-21-16(20)28-11;1-2/h2-3,5-6,8,12,15,26-27H,1H3,(H2,20,21)(H,22,24)(H,23,25);1-2H2. The molecule has 11 heteroatoms. The van der Waals surface area contributed by atoms with Gasteiger partial charge in [-0.05, 0) is 37.1 Å². The number of aliphatic hydroxyl groups is 1. The summed E-state index contributed by atoms with van der Waals surface area (Å²) in [5.41, 5.74) is 4.35. The highest BCUT2D eigenvalue weighted by atomic mass is 32.1. The second kappa shape index (κ2) is 11.0. The van der Waals surface area contributed by atoms with Crippen molar-refractivity contribution in [2.24, 2.45) is 0 Å². The van der Waals surface area contributed by atoms with Gasteiger partial charge in [0, 0.05) is 11.1 Å². The van der Waals surface area contributed by atoms with Crippen molar-refractivity contribution in [3.63, 3.8) is 0 Å². The van der Waals surface area contributed by atoms with Crippen molar-refractivity contribution in [1.29, 1.82) is 0 Å². The molecule has 6 N–H and O–H groups in total. The summed E-state index contributed by atoms with van der Waals surface area (Å²) in [6.45, 7) is 6.67. The molecule has 8 nitrogen and oxygen atoms in total. The lowest BCUT2D eigenvalue weighted by Gasteiger charge is -2.30. The van der Waals surface area contributed by atoms with Crippen molar-refractivity contribution in [1.82, 2.24) is 15.8 Å². The van der Waals surface area contributed by atoms with E-state index in [0.717, 1.165) is 5.48 Å². The first-order valence-electron chi connectivity index (χ1n) is 8.24. The molecule has 0 bridgehead atoms. The van der Waals surface area contributed by atoms with E-state index in [-0.39, 0.29) is 5.56 Å². The van der Waals surface area contributed by atoms with Gasteiger partial charge in [0.15, 0.2) is 10.7 Å². The summed E-state index contributed by atoms with van der Waals surface area (Å²) in [4.78, 5) is 28.4. The lowest BCUT2D eigenvalue weighted by atomic mass is 9.95. The van der Waals surface area contributed by atoms with Crippen LogP contribution in [0.3, 0.4) is 0 Å². The van der Waals surface area contributed by atoms with Crippen LogP contribution in [0, 0.1) is 11.8 Å². The third-order valence-electron chi connectivity index (χ3n) is 3.67. The summed E-state index contributed by atoms with van der Waals surface area (Å²) < 4.78 is 26.0. The summed E-state index contributed by atoms with van der Waals surface area (Å²) in [6, 6.07) is 3.68. The molecule has 1 aromatic carbocycles. The molecular weight excluding hydrogens is 418 g/mol. The number of hydroxylamine groups is 1. The first kappa shape index (κ1) is 24.7. The minimum atomic E-state index is -3.35. The van der Waals surface area contributed by atoms with Gasteiger partial charge in [-0.25, -0.2) is 19.2 Å². The summed E-state index contributed by atoms with van der Waals surface area (Å²) >= 11 is 1.22. The molecule has 2 amide bonds. The molecule has 0 fully saturated rings. The van der Waals surface area contributed by atoms with Gasteiger partial charge in [0.2, 0.25) is 0 Å². The van der Waals surface area contributed by atoms with Gasteiger partial charge in [0.1, 0.15) is 6.04 Å². The quantitative estimate of drug-likeness (QED) is 0.208. The lowest BCUT2D eigenvalue weighted by Crippen LogP contribution is -2.61. The molecule has 1 aromatic heterocycles. The van der Waals surface area contributed by atoms with Crippen LogP contribution in [0.1, 0.15) is 27.7 Å². The summed E-state index contributed by atoms with van der Waals surface area (Å²) in [5.74, 6) is 3.41. The van der Waals surface area contributed by atoms with E-state index in [1.807, 2.05) is 5.32 Å². The smallest absolute Gasteiger partial charge is 0.269 e. The number of nitrogens with zero attached hydrogens (tertiary/aromatic N) is 1. The number of alkyl halides is 2.